The normalized spacial score (nSPS) is 22.1. The molecule has 156 valence electrons. The third-order valence-electron chi connectivity index (χ3n) is 6.37. The van der Waals surface area contributed by atoms with Gasteiger partial charge < -0.3 is 15.1 Å². The van der Waals surface area contributed by atoms with Crippen LogP contribution in [0.25, 0.3) is 0 Å². The summed E-state index contributed by atoms with van der Waals surface area (Å²) >= 11 is 0. The number of hydrogen-bond acceptors (Lipinski definition) is 5. The van der Waals surface area contributed by atoms with Gasteiger partial charge in [-0.3, -0.25) is 9.89 Å². The van der Waals surface area contributed by atoms with Crippen LogP contribution in [0.15, 0.2) is 23.5 Å². The molecule has 0 aromatic carbocycles. The zero-order valence-electron chi connectivity index (χ0n) is 17.0. The number of rotatable bonds is 5. The molecule has 8 heteroatoms. The van der Waals surface area contributed by atoms with Crippen LogP contribution in [-0.2, 0) is 0 Å². The third kappa shape index (κ3) is 5.06. The molecule has 2 saturated heterocycles. The van der Waals surface area contributed by atoms with E-state index in [9.17, 15) is 0 Å². The van der Waals surface area contributed by atoms with Crippen molar-refractivity contribution < 1.29 is 0 Å². The summed E-state index contributed by atoms with van der Waals surface area (Å²) in [6.45, 7) is 11.5. The van der Waals surface area contributed by atoms with Crippen molar-refractivity contribution >= 4 is 35.9 Å². The quantitative estimate of drug-likeness (QED) is 0.381. The molecular weight excluding hydrogens is 465 g/mol. The number of aromatic nitrogens is 2. The van der Waals surface area contributed by atoms with Gasteiger partial charge in [0.25, 0.3) is 0 Å². The van der Waals surface area contributed by atoms with E-state index in [0.717, 1.165) is 57.7 Å². The van der Waals surface area contributed by atoms with Gasteiger partial charge >= 0.3 is 0 Å². The third-order valence-corrected chi connectivity index (χ3v) is 6.37. The summed E-state index contributed by atoms with van der Waals surface area (Å²) in [5.74, 6) is 1.97. The van der Waals surface area contributed by atoms with Crippen LogP contribution in [0.5, 0.6) is 0 Å². The molecule has 1 saturated carbocycles. The monoisotopic (exact) mass is 499 g/mol. The first-order chi connectivity index (χ1) is 13.3. The van der Waals surface area contributed by atoms with E-state index in [1.54, 1.807) is 0 Å². The molecule has 3 aliphatic rings. The summed E-state index contributed by atoms with van der Waals surface area (Å²) in [6.07, 6.45) is 9.23. The van der Waals surface area contributed by atoms with Crippen LogP contribution in [0.4, 0.5) is 5.95 Å². The fourth-order valence-electron chi connectivity index (χ4n) is 4.55. The first-order valence-corrected chi connectivity index (χ1v) is 10.6. The summed E-state index contributed by atoms with van der Waals surface area (Å²) < 4.78 is 0. The second kappa shape index (κ2) is 10.0. The molecule has 3 fully saturated rings. The molecular formula is C20H34IN7. The van der Waals surface area contributed by atoms with Gasteiger partial charge in [-0.25, -0.2) is 9.97 Å². The van der Waals surface area contributed by atoms with Gasteiger partial charge in [0.05, 0.1) is 6.54 Å². The number of likely N-dealkylation sites (tertiary alicyclic amines) is 1. The molecule has 7 nitrogen and oxygen atoms in total. The fourth-order valence-corrected chi connectivity index (χ4v) is 4.55. The molecule has 4 rings (SSSR count). The fraction of sp³-hybridized carbons (Fsp3) is 0.750. The van der Waals surface area contributed by atoms with E-state index >= 15 is 0 Å². The number of hydrogen-bond donors (Lipinski definition) is 1. The number of halogens is 1. The number of piperazine rings is 1. The lowest BCUT2D eigenvalue weighted by Crippen LogP contribution is -2.48. The van der Waals surface area contributed by atoms with E-state index in [2.05, 4.69) is 36.9 Å². The number of aliphatic imine (C=N–C) groups is 1. The van der Waals surface area contributed by atoms with Gasteiger partial charge in [-0.15, -0.1) is 24.0 Å². The zero-order chi connectivity index (χ0) is 18.5. The molecule has 0 amide bonds. The van der Waals surface area contributed by atoms with Gasteiger partial charge in [0.1, 0.15) is 0 Å². The summed E-state index contributed by atoms with van der Waals surface area (Å²) in [7, 11) is 0. The molecule has 0 bridgehead atoms. The highest BCUT2D eigenvalue weighted by Crippen LogP contribution is 2.47. The van der Waals surface area contributed by atoms with Gasteiger partial charge in [0.2, 0.25) is 5.95 Å². The van der Waals surface area contributed by atoms with Gasteiger partial charge in [-0.1, -0.05) is 6.42 Å². The highest BCUT2D eigenvalue weighted by Gasteiger charge is 2.43. The van der Waals surface area contributed by atoms with Crippen molar-refractivity contribution in [3.63, 3.8) is 0 Å². The number of nitrogens with zero attached hydrogens (tertiary/aromatic N) is 6. The highest BCUT2D eigenvalue weighted by atomic mass is 127. The maximum atomic E-state index is 4.94. The van der Waals surface area contributed by atoms with E-state index in [1.165, 1.54) is 38.8 Å². The van der Waals surface area contributed by atoms with Gasteiger partial charge in [0, 0.05) is 64.8 Å². The molecule has 1 aromatic rings. The van der Waals surface area contributed by atoms with Crippen molar-refractivity contribution in [1.82, 2.24) is 25.1 Å². The highest BCUT2D eigenvalue weighted by molar-refractivity contribution is 14.0. The molecule has 1 aromatic heterocycles. The van der Waals surface area contributed by atoms with E-state index in [0.29, 0.717) is 5.41 Å². The minimum Gasteiger partial charge on any atom is -0.357 e. The molecule has 1 aliphatic carbocycles. The lowest BCUT2D eigenvalue weighted by molar-refractivity contribution is 0.151. The predicted octanol–water partition coefficient (Wildman–Crippen LogP) is 2.06. The Labute approximate surface area is 186 Å². The second-order valence-corrected chi connectivity index (χ2v) is 8.14. The van der Waals surface area contributed by atoms with Crippen LogP contribution < -0.4 is 10.2 Å². The second-order valence-electron chi connectivity index (χ2n) is 8.14. The van der Waals surface area contributed by atoms with Crippen molar-refractivity contribution in [1.29, 1.82) is 0 Å². The molecule has 0 atom stereocenters. The average Bonchev–Trinajstić information content (AvgIpc) is 3.15. The van der Waals surface area contributed by atoms with Crippen LogP contribution in [-0.4, -0.2) is 84.6 Å². The molecule has 1 N–H and O–H groups in total. The smallest absolute Gasteiger partial charge is 0.225 e. The Morgan fingerprint density at radius 2 is 1.86 bits per heavy atom. The summed E-state index contributed by atoms with van der Waals surface area (Å²) in [6, 6.07) is 1.87. The molecule has 1 spiro atoms. The van der Waals surface area contributed by atoms with Gasteiger partial charge in [-0.2, -0.15) is 0 Å². The molecule has 3 heterocycles. The SMILES string of the molecule is CCNC(=NCCN1CCN(c2ncccn2)CC1)N1CCC2(CCC2)C1.I. The minimum absolute atomic E-state index is 0. The van der Waals surface area contributed by atoms with Crippen molar-refractivity contribution in [3.05, 3.63) is 18.5 Å². The molecule has 0 radical (unpaired) electrons. The maximum absolute atomic E-state index is 4.94. The van der Waals surface area contributed by atoms with E-state index < -0.39 is 0 Å². The Hall–Kier alpha value is -1.16. The Morgan fingerprint density at radius 3 is 2.46 bits per heavy atom. The molecule has 2 aliphatic heterocycles. The zero-order valence-corrected chi connectivity index (χ0v) is 19.3. The van der Waals surface area contributed by atoms with Crippen molar-refractivity contribution in [2.24, 2.45) is 10.4 Å². The lowest BCUT2D eigenvalue weighted by Gasteiger charge is -2.38. The number of anilines is 1. The Kier molecular flexibility index (Phi) is 7.73. The van der Waals surface area contributed by atoms with E-state index in [4.69, 9.17) is 4.99 Å². The minimum atomic E-state index is 0. The predicted molar refractivity (Wildman–Crippen MR) is 125 cm³/mol. The average molecular weight is 499 g/mol. The summed E-state index contributed by atoms with van der Waals surface area (Å²) in [5, 5.41) is 3.51. The van der Waals surface area contributed by atoms with Crippen LogP contribution >= 0.6 is 24.0 Å². The number of nitrogens with one attached hydrogen (secondary N) is 1. The van der Waals surface area contributed by atoms with Gasteiger partial charge in [0.15, 0.2) is 5.96 Å². The van der Waals surface area contributed by atoms with Crippen molar-refractivity contribution in [3.8, 4) is 0 Å². The Balaban J connectivity index is 0.00000225. The van der Waals surface area contributed by atoms with Crippen molar-refractivity contribution in [2.75, 3.05) is 63.8 Å². The van der Waals surface area contributed by atoms with Crippen LogP contribution in [0.2, 0.25) is 0 Å². The van der Waals surface area contributed by atoms with Crippen LogP contribution in [0.1, 0.15) is 32.6 Å². The van der Waals surface area contributed by atoms with Crippen LogP contribution in [0, 0.1) is 5.41 Å². The van der Waals surface area contributed by atoms with E-state index in [1.807, 2.05) is 18.5 Å². The first-order valence-electron chi connectivity index (χ1n) is 10.6. The molecule has 28 heavy (non-hydrogen) atoms. The Morgan fingerprint density at radius 1 is 1.11 bits per heavy atom. The summed E-state index contributed by atoms with van der Waals surface area (Å²) in [4.78, 5) is 20.9. The van der Waals surface area contributed by atoms with Crippen LogP contribution in [0.3, 0.4) is 0 Å². The summed E-state index contributed by atoms with van der Waals surface area (Å²) in [5.41, 5.74) is 0.617. The largest absolute Gasteiger partial charge is 0.357 e. The topological polar surface area (TPSA) is 59.9 Å². The lowest BCUT2D eigenvalue weighted by atomic mass is 9.68. The maximum Gasteiger partial charge on any atom is 0.225 e. The Bertz CT molecular complexity index is 627. The van der Waals surface area contributed by atoms with E-state index in [-0.39, 0.29) is 24.0 Å². The molecule has 0 unspecified atom stereocenters. The number of guanidine groups is 1. The van der Waals surface area contributed by atoms with Crippen molar-refractivity contribution in [2.45, 2.75) is 32.6 Å². The standard InChI is InChI=1S/C20H33N7.HI/c1-2-21-18(27-11-7-20(17-27)5-3-6-20)24-10-12-25-13-15-26(16-14-25)19-22-8-4-9-23-19;/h4,8-9H,2-3,5-7,10-17H2,1H3,(H,21,24);1H. The van der Waals surface area contributed by atoms with Gasteiger partial charge in [-0.05, 0) is 37.7 Å². The first kappa shape index (κ1) is 21.5.